The molecule has 1 aliphatic rings. The number of nitrogens with zero attached hydrogens (tertiary/aromatic N) is 4. The predicted octanol–water partition coefficient (Wildman–Crippen LogP) is 4.05. The van der Waals surface area contributed by atoms with E-state index >= 15 is 0 Å². The molecule has 178 valence electrons. The molecule has 2 N–H and O–H groups in total. The summed E-state index contributed by atoms with van der Waals surface area (Å²) >= 11 is 6.16. The van der Waals surface area contributed by atoms with Gasteiger partial charge in [0.05, 0.1) is 22.9 Å². The molecule has 1 unspecified atom stereocenters. The molecule has 10 heteroatoms. The molecular weight excluding hydrogens is 458 g/mol. The van der Waals surface area contributed by atoms with Crippen molar-refractivity contribution in [3.05, 3.63) is 58.1 Å². The average molecular weight is 484 g/mol. The van der Waals surface area contributed by atoms with Crippen LogP contribution in [-0.2, 0) is 22.4 Å². The van der Waals surface area contributed by atoms with Crippen LogP contribution in [0, 0.1) is 11.3 Å². The lowest BCUT2D eigenvalue weighted by Crippen LogP contribution is -2.23. The van der Waals surface area contributed by atoms with Gasteiger partial charge >= 0.3 is 0 Å². The minimum atomic E-state index is -0.637. The second-order valence-electron chi connectivity index (χ2n) is 8.28. The van der Waals surface area contributed by atoms with Gasteiger partial charge in [0, 0.05) is 42.8 Å². The van der Waals surface area contributed by atoms with Crippen LogP contribution in [0.3, 0.4) is 0 Å². The number of ether oxygens (including phenoxy) is 2. The Morgan fingerprint density at radius 1 is 1.41 bits per heavy atom. The standard InChI is InChI=1S/C24H26ClN5O4/c1-15(14-30-9-7-19(28-30)16-5-6-17(13-26)18(25)12-16)22-20(34-29-23(22)24(27)31)8-11-33-21-4-2-3-10-32-21/h5-7,9,12,15,21H,2-4,8,10-11,14H2,1H3,(H2,27,31)/t15-,21?/m1/s1. The van der Waals surface area contributed by atoms with Crippen LogP contribution in [0.2, 0.25) is 5.02 Å². The molecule has 1 fully saturated rings. The Labute approximate surface area is 202 Å². The summed E-state index contributed by atoms with van der Waals surface area (Å²) in [5.74, 6) is -0.211. The lowest BCUT2D eigenvalue weighted by molar-refractivity contribution is -0.162. The summed E-state index contributed by atoms with van der Waals surface area (Å²) in [4.78, 5) is 12.0. The molecule has 1 aliphatic heterocycles. The van der Waals surface area contributed by atoms with Crippen molar-refractivity contribution in [2.24, 2.45) is 5.73 Å². The lowest BCUT2D eigenvalue weighted by atomic mass is 9.97. The van der Waals surface area contributed by atoms with Gasteiger partial charge in [0.2, 0.25) is 0 Å². The van der Waals surface area contributed by atoms with Crippen LogP contribution in [-0.4, -0.2) is 40.3 Å². The summed E-state index contributed by atoms with van der Waals surface area (Å²) in [6, 6.07) is 9.11. The topological polar surface area (TPSA) is 129 Å². The SMILES string of the molecule is C[C@H](Cn1ccc(-c2ccc(C#N)c(Cl)c2)n1)c1c(C(N)=O)noc1CCOC1CCCCO1. The summed E-state index contributed by atoms with van der Waals surface area (Å²) in [6.07, 6.45) is 5.11. The molecule has 1 saturated heterocycles. The maximum atomic E-state index is 12.0. The minimum absolute atomic E-state index is 0.127. The first kappa shape index (κ1) is 24.0. The molecule has 9 nitrogen and oxygen atoms in total. The van der Waals surface area contributed by atoms with Gasteiger partial charge in [-0.05, 0) is 37.5 Å². The zero-order chi connectivity index (χ0) is 24.1. The number of aromatic nitrogens is 3. The Balaban J connectivity index is 1.46. The predicted molar refractivity (Wildman–Crippen MR) is 124 cm³/mol. The first-order chi connectivity index (χ1) is 16.5. The number of benzene rings is 1. The molecule has 0 bridgehead atoms. The Morgan fingerprint density at radius 2 is 2.26 bits per heavy atom. The molecule has 3 heterocycles. The van der Waals surface area contributed by atoms with Crippen molar-refractivity contribution in [3.63, 3.8) is 0 Å². The summed E-state index contributed by atoms with van der Waals surface area (Å²) in [7, 11) is 0. The zero-order valence-corrected chi connectivity index (χ0v) is 19.6. The van der Waals surface area contributed by atoms with Crippen LogP contribution < -0.4 is 5.73 Å². The molecule has 3 aromatic rings. The van der Waals surface area contributed by atoms with E-state index < -0.39 is 5.91 Å². The molecule has 0 spiro atoms. The maximum absolute atomic E-state index is 12.0. The molecule has 34 heavy (non-hydrogen) atoms. The van der Waals surface area contributed by atoms with Crippen molar-refractivity contribution >= 4 is 17.5 Å². The second kappa shape index (κ2) is 10.8. The van der Waals surface area contributed by atoms with Gasteiger partial charge in [-0.2, -0.15) is 10.4 Å². The van der Waals surface area contributed by atoms with Gasteiger partial charge in [-0.25, -0.2) is 0 Å². The number of hydrogen-bond donors (Lipinski definition) is 1. The van der Waals surface area contributed by atoms with Crippen LogP contribution in [0.25, 0.3) is 11.3 Å². The monoisotopic (exact) mass is 483 g/mol. The third-order valence-electron chi connectivity index (χ3n) is 5.79. The highest BCUT2D eigenvalue weighted by Crippen LogP contribution is 2.28. The van der Waals surface area contributed by atoms with Crippen molar-refractivity contribution in [1.82, 2.24) is 14.9 Å². The van der Waals surface area contributed by atoms with Crippen molar-refractivity contribution in [1.29, 1.82) is 5.26 Å². The van der Waals surface area contributed by atoms with Crippen molar-refractivity contribution in [3.8, 4) is 17.3 Å². The van der Waals surface area contributed by atoms with Crippen LogP contribution in [0.15, 0.2) is 35.0 Å². The number of carbonyl (C=O) groups is 1. The van der Waals surface area contributed by atoms with Crippen LogP contribution in [0.5, 0.6) is 0 Å². The number of nitrogens with two attached hydrogens (primary N) is 1. The van der Waals surface area contributed by atoms with Gasteiger partial charge in [-0.15, -0.1) is 0 Å². The normalized spacial score (nSPS) is 16.8. The van der Waals surface area contributed by atoms with Crippen molar-refractivity contribution in [2.45, 2.75) is 51.4 Å². The van der Waals surface area contributed by atoms with Crippen LogP contribution in [0.1, 0.15) is 59.5 Å². The van der Waals surface area contributed by atoms with Gasteiger partial charge in [0.1, 0.15) is 11.8 Å². The largest absolute Gasteiger partial charge is 0.364 e. The molecule has 1 amide bonds. The molecule has 2 atom stereocenters. The van der Waals surface area contributed by atoms with Crippen LogP contribution >= 0.6 is 11.6 Å². The average Bonchev–Trinajstić information content (AvgIpc) is 3.47. The Kier molecular flexibility index (Phi) is 7.63. The Hall–Kier alpha value is -3.19. The maximum Gasteiger partial charge on any atom is 0.271 e. The van der Waals surface area contributed by atoms with E-state index in [1.165, 1.54) is 0 Å². The number of carbonyl (C=O) groups excluding carboxylic acids is 1. The first-order valence-electron chi connectivity index (χ1n) is 11.2. The molecule has 2 aromatic heterocycles. The quantitative estimate of drug-likeness (QED) is 0.485. The number of rotatable bonds is 9. The summed E-state index contributed by atoms with van der Waals surface area (Å²) in [5, 5.41) is 18.0. The van der Waals surface area contributed by atoms with Crippen molar-refractivity contribution in [2.75, 3.05) is 13.2 Å². The minimum Gasteiger partial charge on any atom is -0.364 e. The van der Waals surface area contributed by atoms with E-state index in [9.17, 15) is 4.79 Å². The van der Waals surface area contributed by atoms with Gasteiger partial charge in [-0.3, -0.25) is 9.48 Å². The molecule has 4 rings (SSSR count). The first-order valence-corrected chi connectivity index (χ1v) is 11.6. The second-order valence-corrected chi connectivity index (χ2v) is 8.69. The van der Waals surface area contributed by atoms with Gasteiger partial charge in [0.25, 0.3) is 5.91 Å². The third kappa shape index (κ3) is 5.47. The zero-order valence-electron chi connectivity index (χ0n) is 18.9. The Morgan fingerprint density at radius 3 is 2.97 bits per heavy atom. The van der Waals surface area contributed by atoms with E-state index in [0.29, 0.717) is 48.1 Å². The lowest BCUT2D eigenvalue weighted by Gasteiger charge is -2.22. The smallest absolute Gasteiger partial charge is 0.271 e. The van der Waals surface area contributed by atoms with Gasteiger partial charge < -0.3 is 19.7 Å². The molecular formula is C24H26ClN5O4. The Bertz CT molecular complexity index is 1190. The molecule has 1 aromatic carbocycles. The van der Waals surface area contributed by atoms with E-state index in [0.717, 1.165) is 30.5 Å². The van der Waals surface area contributed by atoms with E-state index in [4.69, 9.17) is 36.6 Å². The van der Waals surface area contributed by atoms with E-state index in [1.807, 2.05) is 25.3 Å². The summed E-state index contributed by atoms with van der Waals surface area (Å²) in [5.41, 5.74) is 8.29. The molecule has 0 aliphatic carbocycles. The fourth-order valence-corrected chi connectivity index (χ4v) is 4.30. The number of hydrogen-bond acceptors (Lipinski definition) is 7. The van der Waals surface area contributed by atoms with Crippen LogP contribution in [0.4, 0.5) is 0 Å². The number of halogens is 1. The van der Waals surface area contributed by atoms with E-state index in [-0.39, 0.29) is 17.9 Å². The summed E-state index contributed by atoms with van der Waals surface area (Å²) in [6.45, 7) is 3.55. The molecule has 0 saturated carbocycles. The van der Waals surface area contributed by atoms with E-state index in [2.05, 4.69) is 10.3 Å². The fraction of sp³-hybridized carbons (Fsp3) is 0.417. The highest BCUT2D eigenvalue weighted by Gasteiger charge is 2.26. The van der Waals surface area contributed by atoms with Crippen molar-refractivity contribution < 1.29 is 18.8 Å². The highest BCUT2D eigenvalue weighted by molar-refractivity contribution is 6.32. The molecule has 0 radical (unpaired) electrons. The third-order valence-corrected chi connectivity index (χ3v) is 6.10. The number of amides is 1. The summed E-state index contributed by atoms with van der Waals surface area (Å²) < 4.78 is 18.7. The highest BCUT2D eigenvalue weighted by atomic mass is 35.5. The van der Waals surface area contributed by atoms with Gasteiger partial charge in [-0.1, -0.05) is 29.7 Å². The fourth-order valence-electron chi connectivity index (χ4n) is 4.08. The van der Waals surface area contributed by atoms with Gasteiger partial charge in [0.15, 0.2) is 12.0 Å². The van der Waals surface area contributed by atoms with E-state index in [1.54, 1.807) is 22.9 Å². The number of nitriles is 1. The number of primary amides is 1.